The van der Waals surface area contributed by atoms with E-state index in [-0.39, 0.29) is 23.8 Å². The lowest BCUT2D eigenvalue weighted by atomic mass is 9.94. The molecule has 0 unspecified atom stereocenters. The third-order valence-electron chi connectivity index (χ3n) is 4.09. The topological polar surface area (TPSA) is 73.2 Å². The quantitative estimate of drug-likeness (QED) is 0.678. The third kappa shape index (κ3) is 3.62. The summed E-state index contributed by atoms with van der Waals surface area (Å²) in [4.78, 5) is 24.3. The molecule has 1 aromatic heterocycles. The van der Waals surface area contributed by atoms with Crippen LogP contribution in [0.5, 0.6) is 0 Å². The molecule has 6 heteroatoms. The highest BCUT2D eigenvalue weighted by Gasteiger charge is 2.32. The van der Waals surface area contributed by atoms with Crippen molar-refractivity contribution in [1.29, 1.82) is 0 Å². The molecule has 1 fully saturated rings. The summed E-state index contributed by atoms with van der Waals surface area (Å²) >= 11 is 0. The van der Waals surface area contributed by atoms with Gasteiger partial charge in [-0.1, -0.05) is 19.3 Å². The molecule has 2 atom stereocenters. The second-order valence-corrected chi connectivity index (χ2v) is 5.65. The predicted octanol–water partition coefficient (Wildman–Crippen LogP) is 1.58. The van der Waals surface area contributed by atoms with E-state index in [4.69, 9.17) is 4.74 Å². The Bertz CT molecular complexity index is 524. The Morgan fingerprint density at radius 2 is 2.05 bits per heavy atom. The Hall–Kier alpha value is -1.85. The van der Waals surface area contributed by atoms with Crippen LogP contribution in [-0.4, -0.2) is 34.8 Å². The summed E-state index contributed by atoms with van der Waals surface area (Å²) in [6.45, 7) is 1.81. The highest BCUT2D eigenvalue weighted by atomic mass is 16.5. The van der Waals surface area contributed by atoms with E-state index in [1.807, 2.05) is 0 Å². The minimum Gasteiger partial charge on any atom is -0.469 e. The first kappa shape index (κ1) is 15.5. The SMILES string of the molecule is COC(=O)[C@H]1CCCCC[C@@H]1NC(=O)c1cn(C)nc1C. The van der Waals surface area contributed by atoms with Gasteiger partial charge in [-0.3, -0.25) is 14.3 Å². The minimum absolute atomic E-state index is 0.160. The third-order valence-corrected chi connectivity index (χ3v) is 4.09. The van der Waals surface area contributed by atoms with E-state index in [2.05, 4.69) is 10.4 Å². The van der Waals surface area contributed by atoms with E-state index < -0.39 is 0 Å². The highest BCUT2D eigenvalue weighted by Crippen LogP contribution is 2.25. The van der Waals surface area contributed by atoms with Crippen molar-refractivity contribution in [2.45, 2.75) is 45.1 Å². The van der Waals surface area contributed by atoms with Gasteiger partial charge in [-0.05, 0) is 19.8 Å². The van der Waals surface area contributed by atoms with Crippen molar-refractivity contribution < 1.29 is 14.3 Å². The second kappa shape index (κ2) is 6.74. The molecule has 0 bridgehead atoms. The lowest BCUT2D eigenvalue weighted by Crippen LogP contribution is -2.43. The predicted molar refractivity (Wildman–Crippen MR) is 77.8 cm³/mol. The number of amides is 1. The molecule has 2 rings (SSSR count). The van der Waals surface area contributed by atoms with Gasteiger partial charge in [0.2, 0.25) is 0 Å². The smallest absolute Gasteiger partial charge is 0.310 e. The Morgan fingerprint density at radius 3 is 2.67 bits per heavy atom. The summed E-state index contributed by atoms with van der Waals surface area (Å²) < 4.78 is 6.50. The lowest BCUT2D eigenvalue weighted by Gasteiger charge is -2.24. The molecule has 1 amide bonds. The van der Waals surface area contributed by atoms with E-state index in [1.54, 1.807) is 24.9 Å². The summed E-state index contributed by atoms with van der Waals surface area (Å²) in [6.07, 6.45) is 6.39. The molecule has 0 saturated heterocycles. The standard InChI is InChI=1S/C15H23N3O3/c1-10-12(9-18(2)17-10)14(19)16-13-8-6-4-5-7-11(13)15(20)21-3/h9,11,13H,4-8H2,1-3H3,(H,16,19)/t11-,13-/m0/s1. The summed E-state index contributed by atoms with van der Waals surface area (Å²) in [5.74, 6) is -0.648. The Labute approximate surface area is 124 Å². The zero-order chi connectivity index (χ0) is 15.4. The molecule has 1 saturated carbocycles. The molecule has 1 N–H and O–H groups in total. The van der Waals surface area contributed by atoms with Gasteiger partial charge in [-0.15, -0.1) is 0 Å². The molecular formula is C15H23N3O3. The first-order chi connectivity index (χ1) is 10.0. The van der Waals surface area contributed by atoms with Gasteiger partial charge in [-0.2, -0.15) is 5.10 Å². The van der Waals surface area contributed by atoms with E-state index in [0.29, 0.717) is 11.3 Å². The number of aryl methyl sites for hydroxylation is 2. The number of aromatic nitrogens is 2. The number of ether oxygens (including phenoxy) is 1. The highest BCUT2D eigenvalue weighted by molar-refractivity contribution is 5.95. The number of hydrogen-bond donors (Lipinski definition) is 1. The molecule has 0 radical (unpaired) electrons. The van der Waals surface area contributed by atoms with Crippen LogP contribution in [0.2, 0.25) is 0 Å². The van der Waals surface area contributed by atoms with Gasteiger partial charge < -0.3 is 10.1 Å². The summed E-state index contributed by atoms with van der Waals surface area (Å²) in [5.41, 5.74) is 1.25. The van der Waals surface area contributed by atoms with Gasteiger partial charge in [0.15, 0.2) is 0 Å². The van der Waals surface area contributed by atoms with E-state index >= 15 is 0 Å². The van der Waals surface area contributed by atoms with Gasteiger partial charge in [0.25, 0.3) is 5.91 Å². The van der Waals surface area contributed by atoms with E-state index in [0.717, 1.165) is 32.1 Å². The summed E-state index contributed by atoms with van der Waals surface area (Å²) in [5, 5.41) is 7.18. The van der Waals surface area contributed by atoms with Crippen LogP contribution >= 0.6 is 0 Å². The first-order valence-corrected chi connectivity index (χ1v) is 7.42. The number of nitrogens with one attached hydrogen (secondary N) is 1. The number of hydrogen-bond acceptors (Lipinski definition) is 4. The van der Waals surface area contributed by atoms with Crippen LogP contribution in [-0.2, 0) is 16.6 Å². The first-order valence-electron chi connectivity index (χ1n) is 7.42. The molecule has 1 aliphatic carbocycles. The van der Waals surface area contributed by atoms with Crippen molar-refractivity contribution >= 4 is 11.9 Å². The van der Waals surface area contributed by atoms with E-state index in [9.17, 15) is 9.59 Å². The van der Waals surface area contributed by atoms with Crippen LogP contribution in [0.4, 0.5) is 0 Å². The van der Waals surface area contributed by atoms with Crippen LogP contribution in [0, 0.1) is 12.8 Å². The van der Waals surface area contributed by atoms with Crippen LogP contribution in [0.1, 0.15) is 48.2 Å². The van der Waals surface area contributed by atoms with Crippen molar-refractivity contribution in [3.63, 3.8) is 0 Å². The molecule has 21 heavy (non-hydrogen) atoms. The fourth-order valence-electron chi connectivity index (χ4n) is 2.98. The average Bonchev–Trinajstić information content (AvgIpc) is 2.65. The summed E-state index contributed by atoms with van der Waals surface area (Å²) in [6, 6.07) is -0.160. The average molecular weight is 293 g/mol. The van der Waals surface area contributed by atoms with Gasteiger partial charge in [0.1, 0.15) is 0 Å². The van der Waals surface area contributed by atoms with Crippen molar-refractivity contribution in [2.75, 3.05) is 7.11 Å². The van der Waals surface area contributed by atoms with Gasteiger partial charge in [0.05, 0.1) is 24.3 Å². The summed E-state index contributed by atoms with van der Waals surface area (Å²) in [7, 11) is 3.18. The Balaban J connectivity index is 2.12. The zero-order valence-corrected chi connectivity index (χ0v) is 12.9. The van der Waals surface area contributed by atoms with Crippen molar-refractivity contribution in [2.24, 2.45) is 13.0 Å². The van der Waals surface area contributed by atoms with Crippen molar-refractivity contribution in [1.82, 2.24) is 15.1 Å². The van der Waals surface area contributed by atoms with Crippen LogP contribution in [0.15, 0.2) is 6.20 Å². The molecule has 1 heterocycles. The molecule has 0 aliphatic heterocycles. The number of nitrogens with zero attached hydrogens (tertiary/aromatic N) is 2. The normalized spacial score (nSPS) is 22.4. The maximum atomic E-state index is 12.4. The number of carbonyl (C=O) groups excluding carboxylic acids is 2. The Kier molecular flexibility index (Phi) is 4.98. The maximum Gasteiger partial charge on any atom is 0.310 e. The number of rotatable bonds is 3. The minimum atomic E-state index is -0.251. The van der Waals surface area contributed by atoms with Gasteiger partial charge in [0, 0.05) is 19.3 Å². The fourth-order valence-corrected chi connectivity index (χ4v) is 2.98. The van der Waals surface area contributed by atoms with Crippen molar-refractivity contribution in [3.05, 3.63) is 17.5 Å². The Morgan fingerprint density at radius 1 is 1.33 bits per heavy atom. The molecule has 116 valence electrons. The van der Waals surface area contributed by atoms with Gasteiger partial charge in [-0.25, -0.2) is 0 Å². The number of carbonyl (C=O) groups is 2. The largest absolute Gasteiger partial charge is 0.469 e. The van der Waals surface area contributed by atoms with Crippen molar-refractivity contribution in [3.8, 4) is 0 Å². The van der Waals surface area contributed by atoms with E-state index in [1.165, 1.54) is 7.11 Å². The second-order valence-electron chi connectivity index (χ2n) is 5.65. The molecule has 0 aromatic carbocycles. The maximum absolute atomic E-state index is 12.4. The van der Waals surface area contributed by atoms with Crippen LogP contribution in [0.3, 0.4) is 0 Å². The number of esters is 1. The lowest BCUT2D eigenvalue weighted by molar-refractivity contribution is -0.146. The zero-order valence-electron chi connectivity index (χ0n) is 12.9. The van der Waals surface area contributed by atoms with Crippen LogP contribution in [0.25, 0.3) is 0 Å². The molecular weight excluding hydrogens is 270 g/mol. The molecule has 0 spiro atoms. The number of methoxy groups -OCH3 is 1. The molecule has 1 aromatic rings. The molecule has 6 nitrogen and oxygen atoms in total. The monoisotopic (exact) mass is 293 g/mol. The van der Waals surface area contributed by atoms with Crippen LogP contribution < -0.4 is 5.32 Å². The fraction of sp³-hybridized carbons (Fsp3) is 0.667. The molecule has 1 aliphatic rings. The van der Waals surface area contributed by atoms with Gasteiger partial charge >= 0.3 is 5.97 Å².